The van der Waals surface area contributed by atoms with Gasteiger partial charge in [-0.05, 0) is 64.8 Å². The van der Waals surface area contributed by atoms with Crippen molar-refractivity contribution in [2.75, 3.05) is 33.3 Å². The monoisotopic (exact) mass is 443 g/mol. The number of ether oxygens (including phenoxy) is 1. The fraction of sp³-hybridized carbons (Fsp3) is 0.560. The van der Waals surface area contributed by atoms with Gasteiger partial charge in [0, 0.05) is 35.3 Å². The van der Waals surface area contributed by atoms with Crippen LogP contribution in [0, 0.1) is 6.92 Å². The van der Waals surface area contributed by atoms with Crippen molar-refractivity contribution in [3.8, 4) is 5.75 Å². The standard InChI is InChI=1S/C25H37N3O2S/c1-18-9-10-23(30-4)22(17-18)20(3)31-24(19(2)26)25(29)28-15-11-21(12-16-28)27-13-7-5-6-8-14-27/h9-10,17,21H,3,5-8,11-16,26H2,1-2,4H3/b24-19-. The zero-order valence-corrected chi connectivity index (χ0v) is 20.1. The van der Waals surface area contributed by atoms with Crippen molar-refractivity contribution in [2.45, 2.75) is 58.4 Å². The van der Waals surface area contributed by atoms with E-state index in [1.54, 1.807) is 14.0 Å². The van der Waals surface area contributed by atoms with E-state index in [1.165, 1.54) is 50.5 Å². The topological polar surface area (TPSA) is 58.8 Å². The third-order valence-electron chi connectivity index (χ3n) is 6.34. The second-order valence-electron chi connectivity index (χ2n) is 8.71. The summed E-state index contributed by atoms with van der Waals surface area (Å²) < 4.78 is 5.50. The number of rotatable bonds is 6. The number of amides is 1. The Hall–Kier alpha value is -1.92. The molecule has 1 aromatic rings. The van der Waals surface area contributed by atoms with Crippen LogP contribution >= 0.6 is 11.8 Å². The molecular weight excluding hydrogens is 406 g/mol. The van der Waals surface area contributed by atoms with E-state index < -0.39 is 0 Å². The van der Waals surface area contributed by atoms with Crippen LogP contribution in [0.4, 0.5) is 0 Å². The van der Waals surface area contributed by atoms with E-state index in [4.69, 9.17) is 10.5 Å². The molecule has 0 radical (unpaired) electrons. The number of nitrogens with zero attached hydrogens (tertiary/aromatic N) is 2. The van der Waals surface area contributed by atoms with Gasteiger partial charge >= 0.3 is 0 Å². The van der Waals surface area contributed by atoms with Gasteiger partial charge in [-0.2, -0.15) is 0 Å². The molecule has 5 nitrogen and oxygen atoms in total. The number of methoxy groups -OCH3 is 1. The first-order chi connectivity index (χ1) is 14.9. The maximum Gasteiger partial charge on any atom is 0.262 e. The number of hydrogen-bond donors (Lipinski definition) is 1. The predicted octanol–water partition coefficient (Wildman–Crippen LogP) is 4.76. The van der Waals surface area contributed by atoms with Crippen molar-refractivity contribution in [2.24, 2.45) is 5.73 Å². The van der Waals surface area contributed by atoms with Gasteiger partial charge in [-0.1, -0.05) is 42.8 Å². The molecule has 2 aliphatic rings. The Labute approximate surface area is 191 Å². The molecule has 0 spiro atoms. The summed E-state index contributed by atoms with van der Waals surface area (Å²) >= 11 is 1.36. The van der Waals surface area contributed by atoms with Crippen LogP contribution in [-0.4, -0.2) is 55.0 Å². The fourth-order valence-electron chi connectivity index (χ4n) is 4.55. The molecule has 1 aromatic carbocycles. The number of allylic oxidation sites excluding steroid dienone is 1. The molecule has 2 heterocycles. The van der Waals surface area contributed by atoms with Crippen LogP contribution in [0.25, 0.3) is 4.91 Å². The lowest BCUT2D eigenvalue weighted by Gasteiger charge is -2.38. The van der Waals surface area contributed by atoms with Gasteiger partial charge in [0.1, 0.15) is 5.75 Å². The number of carbonyl (C=O) groups excluding carboxylic acids is 1. The minimum atomic E-state index is 0.0205. The minimum absolute atomic E-state index is 0.0205. The molecule has 2 aliphatic heterocycles. The second kappa shape index (κ2) is 11.1. The summed E-state index contributed by atoms with van der Waals surface area (Å²) in [6.07, 6.45) is 7.40. The SMILES string of the molecule is C=C(S/C(C(=O)N1CCC(N2CCCCCC2)CC1)=C(/C)N)c1cc(C)ccc1OC. The molecule has 6 heteroatoms. The van der Waals surface area contributed by atoms with Gasteiger partial charge in [-0.15, -0.1) is 0 Å². The Bertz CT molecular complexity index is 816. The molecule has 0 aromatic heterocycles. The average molecular weight is 444 g/mol. The van der Waals surface area contributed by atoms with Crippen LogP contribution in [0.15, 0.2) is 35.4 Å². The Morgan fingerprint density at radius 3 is 2.35 bits per heavy atom. The first-order valence-corrected chi connectivity index (χ1v) is 12.2. The van der Waals surface area contributed by atoms with E-state index in [0.29, 0.717) is 16.6 Å². The molecule has 1 amide bonds. The Morgan fingerprint density at radius 2 is 1.77 bits per heavy atom. The highest BCUT2D eigenvalue weighted by molar-refractivity contribution is 8.12. The summed E-state index contributed by atoms with van der Waals surface area (Å²) in [6.45, 7) is 12.0. The summed E-state index contributed by atoms with van der Waals surface area (Å²) in [6, 6.07) is 6.58. The highest BCUT2D eigenvalue weighted by atomic mass is 32.2. The van der Waals surface area contributed by atoms with Crippen molar-refractivity contribution < 1.29 is 9.53 Å². The zero-order valence-electron chi connectivity index (χ0n) is 19.3. The largest absolute Gasteiger partial charge is 0.496 e. The lowest BCUT2D eigenvalue weighted by Crippen LogP contribution is -2.47. The first kappa shape index (κ1) is 23.7. The van der Waals surface area contributed by atoms with Gasteiger partial charge < -0.3 is 20.3 Å². The Kier molecular flexibility index (Phi) is 8.50. The van der Waals surface area contributed by atoms with Crippen LogP contribution < -0.4 is 10.5 Å². The summed E-state index contributed by atoms with van der Waals surface area (Å²) in [7, 11) is 1.65. The van der Waals surface area contributed by atoms with Crippen LogP contribution in [0.2, 0.25) is 0 Å². The molecule has 2 saturated heterocycles. The third kappa shape index (κ3) is 6.07. The van der Waals surface area contributed by atoms with E-state index in [-0.39, 0.29) is 5.91 Å². The lowest BCUT2D eigenvalue weighted by molar-refractivity contribution is -0.128. The number of benzene rings is 1. The highest BCUT2D eigenvalue weighted by Gasteiger charge is 2.29. The summed E-state index contributed by atoms with van der Waals surface area (Å²) in [4.78, 5) is 19.3. The van der Waals surface area contributed by atoms with Crippen molar-refractivity contribution in [1.29, 1.82) is 0 Å². The van der Waals surface area contributed by atoms with Gasteiger partial charge in [0.05, 0.1) is 12.0 Å². The van der Waals surface area contributed by atoms with E-state index in [0.717, 1.165) is 47.7 Å². The van der Waals surface area contributed by atoms with Crippen LogP contribution in [0.1, 0.15) is 56.6 Å². The van der Waals surface area contributed by atoms with Gasteiger partial charge in [0.25, 0.3) is 5.91 Å². The van der Waals surface area contributed by atoms with Gasteiger partial charge in [-0.25, -0.2) is 0 Å². The second-order valence-corrected chi connectivity index (χ2v) is 9.82. The Morgan fingerprint density at radius 1 is 1.13 bits per heavy atom. The number of piperidine rings is 1. The average Bonchev–Trinajstić information content (AvgIpc) is 3.06. The molecule has 0 saturated carbocycles. The summed E-state index contributed by atoms with van der Waals surface area (Å²) in [5, 5.41) is 0. The van der Waals surface area contributed by atoms with Gasteiger partial charge in [-0.3, -0.25) is 4.79 Å². The quantitative estimate of drug-likeness (QED) is 0.642. The highest BCUT2D eigenvalue weighted by Crippen LogP contribution is 2.39. The molecule has 2 fully saturated rings. The van der Waals surface area contributed by atoms with E-state index >= 15 is 0 Å². The molecule has 31 heavy (non-hydrogen) atoms. The molecule has 0 unspecified atom stereocenters. The molecule has 2 N–H and O–H groups in total. The van der Waals surface area contributed by atoms with Crippen LogP contribution in [0.5, 0.6) is 5.75 Å². The van der Waals surface area contributed by atoms with E-state index in [2.05, 4.69) is 11.5 Å². The molecule has 170 valence electrons. The van der Waals surface area contributed by atoms with Crippen LogP contribution in [0.3, 0.4) is 0 Å². The lowest BCUT2D eigenvalue weighted by atomic mass is 10.0. The smallest absolute Gasteiger partial charge is 0.262 e. The molecule has 0 atom stereocenters. The molecular formula is C25H37N3O2S. The van der Waals surface area contributed by atoms with Crippen molar-refractivity contribution in [3.05, 3.63) is 46.5 Å². The van der Waals surface area contributed by atoms with E-state index in [9.17, 15) is 4.79 Å². The normalized spacial score (nSPS) is 19.5. The number of nitrogens with two attached hydrogens (primary N) is 1. The van der Waals surface area contributed by atoms with Crippen molar-refractivity contribution in [3.63, 3.8) is 0 Å². The number of carbonyl (C=O) groups is 1. The summed E-state index contributed by atoms with van der Waals surface area (Å²) in [5.74, 6) is 0.773. The van der Waals surface area contributed by atoms with Gasteiger partial charge in [0.2, 0.25) is 0 Å². The number of aryl methyl sites for hydroxylation is 1. The number of hydrogen-bond acceptors (Lipinski definition) is 5. The van der Waals surface area contributed by atoms with E-state index in [1.807, 2.05) is 30.0 Å². The Balaban J connectivity index is 1.65. The number of thioether (sulfide) groups is 1. The zero-order chi connectivity index (χ0) is 22.4. The van der Waals surface area contributed by atoms with Crippen molar-refractivity contribution >= 4 is 22.6 Å². The first-order valence-electron chi connectivity index (χ1n) is 11.4. The fourth-order valence-corrected chi connectivity index (χ4v) is 5.44. The maximum atomic E-state index is 13.3. The predicted molar refractivity (Wildman–Crippen MR) is 131 cm³/mol. The third-order valence-corrected chi connectivity index (χ3v) is 7.51. The van der Waals surface area contributed by atoms with Crippen molar-refractivity contribution in [1.82, 2.24) is 9.80 Å². The molecule has 3 rings (SSSR count). The maximum absolute atomic E-state index is 13.3. The van der Waals surface area contributed by atoms with Gasteiger partial charge in [0.15, 0.2) is 0 Å². The van der Waals surface area contributed by atoms with Crippen LogP contribution in [-0.2, 0) is 4.79 Å². The molecule has 0 bridgehead atoms. The summed E-state index contributed by atoms with van der Waals surface area (Å²) in [5.41, 5.74) is 8.72. The minimum Gasteiger partial charge on any atom is -0.496 e. The number of likely N-dealkylation sites (tertiary alicyclic amines) is 2. The molecule has 0 aliphatic carbocycles.